The standard InChI is InChI=1S/C12H18N2O3/c1-9(8-16-2)13-10-5-4-6-11(7-10)14-12(15)17-3/h4-7,9,13H,8H2,1-3H3,(H,14,15). The van der Waals surface area contributed by atoms with Crippen molar-refractivity contribution in [3.8, 4) is 0 Å². The second-order valence-corrected chi connectivity index (χ2v) is 3.70. The number of hydrogen-bond acceptors (Lipinski definition) is 4. The molecule has 2 N–H and O–H groups in total. The number of rotatable bonds is 5. The van der Waals surface area contributed by atoms with E-state index in [0.29, 0.717) is 12.3 Å². The zero-order valence-electron chi connectivity index (χ0n) is 10.3. The normalized spacial score (nSPS) is 11.7. The fraction of sp³-hybridized carbons (Fsp3) is 0.417. The lowest BCUT2D eigenvalue weighted by molar-refractivity contribution is 0.187. The van der Waals surface area contributed by atoms with E-state index in [1.807, 2.05) is 25.1 Å². The van der Waals surface area contributed by atoms with Gasteiger partial charge in [0.25, 0.3) is 0 Å². The van der Waals surface area contributed by atoms with E-state index in [4.69, 9.17) is 4.74 Å². The molecule has 1 aromatic rings. The van der Waals surface area contributed by atoms with E-state index in [1.54, 1.807) is 13.2 Å². The average Bonchev–Trinajstić information content (AvgIpc) is 2.29. The van der Waals surface area contributed by atoms with E-state index in [2.05, 4.69) is 15.4 Å². The van der Waals surface area contributed by atoms with E-state index < -0.39 is 6.09 Å². The van der Waals surface area contributed by atoms with Crippen LogP contribution in [0.25, 0.3) is 0 Å². The first-order valence-corrected chi connectivity index (χ1v) is 5.36. The first-order valence-electron chi connectivity index (χ1n) is 5.36. The predicted molar refractivity (Wildman–Crippen MR) is 67.4 cm³/mol. The van der Waals surface area contributed by atoms with Gasteiger partial charge in [0.15, 0.2) is 0 Å². The summed E-state index contributed by atoms with van der Waals surface area (Å²) in [4.78, 5) is 11.0. The zero-order valence-corrected chi connectivity index (χ0v) is 10.3. The Labute approximate surface area is 101 Å². The number of anilines is 2. The van der Waals surface area contributed by atoms with Crippen molar-refractivity contribution in [2.45, 2.75) is 13.0 Å². The summed E-state index contributed by atoms with van der Waals surface area (Å²) in [5.41, 5.74) is 1.61. The van der Waals surface area contributed by atoms with E-state index in [1.165, 1.54) is 7.11 Å². The molecule has 0 heterocycles. The molecular weight excluding hydrogens is 220 g/mol. The maximum absolute atomic E-state index is 11.0. The summed E-state index contributed by atoms with van der Waals surface area (Å²) in [7, 11) is 2.99. The van der Waals surface area contributed by atoms with Crippen molar-refractivity contribution in [3.63, 3.8) is 0 Å². The molecule has 1 unspecified atom stereocenters. The van der Waals surface area contributed by atoms with Crippen molar-refractivity contribution < 1.29 is 14.3 Å². The molecule has 1 aromatic carbocycles. The number of carbonyl (C=O) groups excluding carboxylic acids is 1. The van der Waals surface area contributed by atoms with Gasteiger partial charge in [-0.15, -0.1) is 0 Å². The fourth-order valence-corrected chi connectivity index (χ4v) is 1.43. The van der Waals surface area contributed by atoms with Crippen molar-refractivity contribution in [1.82, 2.24) is 0 Å². The Morgan fingerprint density at radius 1 is 1.35 bits per heavy atom. The van der Waals surface area contributed by atoms with Crippen LogP contribution in [0.3, 0.4) is 0 Å². The Hall–Kier alpha value is -1.75. The van der Waals surface area contributed by atoms with Crippen molar-refractivity contribution in [2.75, 3.05) is 31.5 Å². The molecule has 5 nitrogen and oxygen atoms in total. The maximum Gasteiger partial charge on any atom is 0.411 e. The molecule has 0 saturated heterocycles. The van der Waals surface area contributed by atoms with Crippen LogP contribution in [0, 0.1) is 0 Å². The van der Waals surface area contributed by atoms with Crippen LogP contribution < -0.4 is 10.6 Å². The lowest BCUT2D eigenvalue weighted by Crippen LogP contribution is -2.20. The van der Waals surface area contributed by atoms with Gasteiger partial charge >= 0.3 is 6.09 Å². The third-order valence-corrected chi connectivity index (χ3v) is 2.12. The van der Waals surface area contributed by atoms with E-state index >= 15 is 0 Å². The van der Waals surface area contributed by atoms with Gasteiger partial charge in [0, 0.05) is 24.5 Å². The second kappa shape index (κ2) is 6.75. The van der Waals surface area contributed by atoms with Crippen LogP contribution in [-0.4, -0.2) is 33.0 Å². The van der Waals surface area contributed by atoms with Gasteiger partial charge in [-0.1, -0.05) is 6.07 Å². The van der Waals surface area contributed by atoms with Crippen LogP contribution in [0.1, 0.15) is 6.92 Å². The highest BCUT2D eigenvalue weighted by Gasteiger charge is 2.04. The number of amides is 1. The van der Waals surface area contributed by atoms with Crippen molar-refractivity contribution in [1.29, 1.82) is 0 Å². The van der Waals surface area contributed by atoms with Crippen LogP contribution in [0.15, 0.2) is 24.3 Å². The fourth-order valence-electron chi connectivity index (χ4n) is 1.43. The minimum atomic E-state index is -0.480. The molecule has 0 aliphatic rings. The van der Waals surface area contributed by atoms with Crippen molar-refractivity contribution in [3.05, 3.63) is 24.3 Å². The smallest absolute Gasteiger partial charge is 0.411 e. The van der Waals surface area contributed by atoms with Crippen LogP contribution in [0.5, 0.6) is 0 Å². The molecular formula is C12H18N2O3. The van der Waals surface area contributed by atoms with Crippen LogP contribution in [0.4, 0.5) is 16.2 Å². The number of benzene rings is 1. The zero-order chi connectivity index (χ0) is 12.7. The largest absolute Gasteiger partial charge is 0.453 e. The van der Waals surface area contributed by atoms with E-state index in [9.17, 15) is 4.79 Å². The highest BCUT2D eigenvalue weighted by Crippen LogP contribution is 2.16. The summed E-state index contributed by atoms with van der Waals surface area (Å²) in [5.74, 6) is 0. The third kappa shape index (κ3) is 4.74. The lowest BCUT2D eigenvalue weighted by Gasteiger charge is -2.15. The number of nitrogens with one attached hydrogen (secondary N) is 2. The van der Waals surface area contributed by atoms with E-state index in [0.717, 1.165) is 5.69 Å². The Morgan fingerprint density at radius 2 is 2.06 bits per heavy atom. The van der Waals surface area contributed by atoms with Crippen LogP contribution >= 0.6 is 0 Å². The van der Waals surface area contributed by atoms with Crippen LogP contribution in [-0.2, 0) is 9.47 Å². The summed E-state index contributed by atoms with van der Waals surface area (Å²) < 4.78 is 9.56. The Morgan fingerprint density at radius 3 is 2.71 bits per heavy atom. The molecule has 17 heavy (non-hydrogen) atoms. The van der Waals surface area contributed by atoms with Gasteiger partial charge in [-0.2, -0.15) is 0 Å². The molecule has 0 aromatic heterocycles. The van der Waals surface area contributed by atoms with E-state index in [-0.39, 0.29) is 6.04 Å². The highest BCUT2D eigenvalue weighted by molar-refractivity contribution is 5.85. The molecule has 0 spiro atoms. The molecule has 1 rings (SSSR count). The molecule has 0 bridgehead atoms. The van der Waals surface area contributed by atoms with Gasteiger partial charge in [-0.3, -0.25) is 5.32 Å². The molecule has 0 aliphatic carbocycles. The van der Waals surface area contributed by atoms with Crippen molar-refractivity contribution >= 4 is 17.5 Å². The minimum absolute atomic E-state index is 0.202. The SMILES string of the molecule is COCC(C)Nc1cccc(NC(=O)OC)c1. The topological polar surface area (TPSA) is 59.6 Å². The monoisotopic (exact) mass is 238 g/mol. The molecule has 0 saturated carbocycles. The Balaban J connectivity index is 2.62. The molecule has 0 radical (unpaired) electrons. The maximum atomic E-state index is 11.0. The third-order valence-electron chi connectivity index (χ3n) is 2.12. The summed E-state index contributed by atoms with van der Waals surface area (Å²) >= 11 is 0. The number of methoxy groups -OCH3 is 2. The quantitative estimate of drug-likeness (QED) is 0.826. The van der Waals surface area contributed by atoms with Gasteiger partial charge < -0.3 is 14.8 Å². The first kappa shape index (κ1) is 13.3. The molecule has 1 atom stereocenters. The second-order valence-electron chi connectivity index (χ2n) is 3.70. The molecule has 1 amide bonds. The van der Waals surface area contributed by atoms with Gasteiger partial charge in [0.1, 0.15) is 0 Å². The minimum Gasteiger partial charge on any atom is -0.453 e. The molecule has 5 heteroatoms. The van der Waals surface area contributed by atoms with Gasteiger partial charge in [-0.25, -0.2) is 4.79 Å². The van der Waals surface area contributed by atoms with Gasteiger partial charge in [0.2, 0.25) is 0 Å². The molecule has 0 aliphatic heterocycles. The molecule has 0 fully saturated rings. The van der Waals surface area contributed by atoms with Gasteiger partial charge in [-0.05, 0) is 25.1 Å². The first-order chi connectivity index (χ1) is 8.15. The Kier molecular flexibility index (Phi) is 5.29. The summed E-state index contributed by atoms with van der Waals surface area (Å²) in [6.07, 6.45) is -0.480. The average molecular weight is 238 g/mol. The van der Waals surface area contributed by atoms with Gasteiger partial charge in [0.05, 0.1) is 13.7 Å². The predicted octanol–water partition coefficient (Wildman–Crippen LogP) is 2.31. The summed E-state index contributed by atoms with van der Waals surface area (Å²) in [6, 6.07) is 7.61. The number of hydrogen-bond donors (Lipinski definition) is 2. The summed E-state index contributed by atoms with van der Waals surface area (Å²) in [5, 5.41) is 5.86. The number of ether oxygens (including phenoxy) is 2. The van der Waals surface area contributed by atoms with Crippen LogP contribution in [0.2, 0.25) is 0 Å². The lowest BCUT2D eigenvalue weighted by atomic mass is 10.2. The Bertz CT molecular complexity index is 369. The molecule has 94 valence electrons. The highest BCUT2D eigenvalue weighted by atomic mass is 16.5. The number of carbonyl (C=O) groups is 1. The van der Waals surface area contributed by atoms with Crippen molar-refractivity contribution in [2.24, 2.45) is 0 Å². The summed E-state index contributed by atoms with van der Waals surface area (Å²) in [6.45, 7) is 2.64.